The smallest absolute Gasteiger partial charge is 0.110 e. The summed E-state index contributed by atoms with van der Waals surface area (Å²) in [5, 5.41) is 3.68. The van der Waals surface area contributed by atoms with Crippen LogP contribution in [0.1, 0.15) is 97.3 Å². The van der Waals surface area contributed by atoms with E-state index in [9.17, 15) is 0 Å². The SMILES string of the molecule is CCCCCCCN[C@H]1OCCC[C@@H]1CCCCCCC. The Bertz CT molecular complexity index is 220. The third-order valence-electron chi connectivity index (χ3n) is 4.75. The van der Waals surface area contributed by atoms with Crippen molar-refractivity contribution in [3.8, 4) is 0 Å². The van der Waals surface area contributed by atoms with Crippen molar-refractivity contribution in [2.24, 2.45) is 5.92 Å². The molecule has 2 heteroatoms. The fraction of sp³-hybridized carbons (Fsp3) is 1.00. The molecule has 0 aromatic heterocycles. The van der Waals surface area contributed by atoms with E-state index in [0.29, 0.717) is 6.23 Å². The van der Waals surface area contributed by atoms with Crippen molar-refractivity contribution >= 4 is 0 Å². The Labute approximate surface area is 133 Å². The largest absolute Gasteiger partial charge is 0.363 e. The van der Waals surface area contributed by atoms with Gasteiger partial charge < -0.3 is 4.74 Å². The van der Waals surface area contributed by atoms with Crippen LogP contribution in [0.4, 0.5) is 0 Å². The third kappa shape index (κ3) is 9.52. The summed E-state index contributed by atoms with van der Waals surface area (Å²) >= 11 is 0. The number of rotatable bonds is 13. The second-order valence-corrected chi connectivity index (χ2v) is 6.76. The molecule has 2 nitrogen and oxygen atoms in total. The molecule has 0 bridgehead atoms. The molecule has 0 aliphatic carbocycles. The second kappa shape index (κ2) is 13.6. The Morgan fingerprint density at radius 2 is 1.52 bits per heavy atom. The highest BCUT2D eigenvalue weighted by Crippen LogP contribution is 2.25. The summed E-state index contributed by atoms with van der Waals surface area (Å²) < 4.78 is 5.99. The molecule has 0 aromatic rings. The average molecular weight is 298 g/mol. The first-order valence-electron chi connectivity index (χ1n) is 9.73. The van der Waals surface area contributed by atoms with E-state index >= 15 is 0 Å². The Kier molecular flexibility index (Phi) is 12.3. The Balaban J connectivity index is 2.08. The first-order chi connectivity index (χ1) is 10.4. The molecule has 1 saturated heterocycles. The lowest BCUT2D eigenvalue weighted by Crippen LogP contribution is -2.42. The van der Waals surface area contributed by atoms with E-state index < -0.39 is 0 Å². The van der Waals surface area contributed by atoms with E-state index in [1.165, 1.54) is 83.5 Å². The second-order valence-electron chi connectivity index (χ2n) is 6.76. The van der Waals surface area contributed by atoms with E-state index in [1.54, 1.807) is 0 Å². The lowest BCUT2D eigenvalue weighted by atomic mass is 9.92. The minimum absolute atomic E-state index is 0.344. The summed E-state index contributed by atoms with van der Waals surface area (Å²) in [6.07, 6.45) is 18.1. The lowest BCUT2D eigenvalue weighted by Gasteiger charge is -2.32. The van der Waals surface area contributed by atoms with Gasteiger partial charge in [-0.2, -0.15) is 0 Å². The molecule has 0 amide bonds. The van der Waals surface area contributed by atoms with Crippen molar-refractivity contribution in [1.82, 2.24) is 5.32 Å². The minimum atomic E-state index is 0.344. The van der Waals surface area contributed by atoms with Gasteiger partial charge in [-0.05, 0) is 38.1 Å². The summed E-state index contributed by atoms with van der Waals surface area (Å²) in [7, 11) is 0. The molecule has 0 unspecified atom stereocenters. The maximum Gasteiger partial charge on any atom is 0.110 e. The molecule has 0 saturated carbocycles. The zero-order valence-corrected chi connectivity index (χ0v) is 14.7. The normalized spacial score (nSPS) is 22.6. The van der Waals surface area contributed by atoms with Gasteiger partial charge in [-0.3, -0.25) is 5.32 Å². The van der Waals surface area contributed by atoms with E-state index in [0.717, 1.165) is 19.1 Å². The van der Waals surface area contributed by atoms with Crippen molar-refractivity contribution in [2.45, 2.75) is 104 Å². The van der Waals surface area contributed by atoms with Gasteiger partial charge in [0.2, 0.25) is 0 Å². The highest BCUT2D eigenvalue weighted by atomic mass is 16.5. The van der Waals surface area contributed by atoms with Crippen LogP contribution in [0.15, 0.2) is 0 Å². The van der Waals surface area contributed by atoms with Crippen molar-refractivity contribution in [3.63, 3.8) is 0 Å². The molecular formula is C19H39NO. The average Bonchev–Trinajstić information content (AvgIpc) is 2.52. The van der Waals surface area contributed by atoms with Gasteiger partial charge in [-0.25, -0.2) is 0 Å². The molecule has 2 atom stereocenters. The number of hydrogen-bond acceptors (Lipinski definition) is 2. The summed E-state index contributed by atoms with van der Waals surface area (Å²) in [6, 6.07) is 0. The van der Waals surface area contributed by atoms with Gasteiger partial charge in [-0.15, -0.1) is 0 Å². The van der Waals surface area contributed by atoms with Gasteiger partial charge in [0.05, 0.1) is 0 Å². The fourth-order valence-corrected chi connectivity index (χ4v) is 3.35. The van der Waals surface area contributed by atoms with Crippen LogP contribution in [0.2, 0.25) is 0 Å². The van der Waals surface area contributed by atoms with E-state index in [1.807, 2.05) is 0 Å². The highest BCUT2D eigenvalue weighted by Gasteiger charge is 2.24. The minimum Gasteiger partial charge on any atom is -0.363 e. The zero-order chi connectivity index (χ0) is 15.2. The number of ether oxygens (including phenoxy) is 1. The van der Waals surface area contributed by atoms with Crippen molar-refractivity contribution < 1.29 is 4.74 Å². The molecule has 0 spiro atoms. The van der Waals surface area contributed by atoms with Crippen molar-refractivity contribution in [1.29, 1.82) is 0 Å². The molecular weight excluding hydrogens is 258 g/mol. The van der Waals surface area contributed by atoms with Crippen LogP contribution in [0.25, 0.3) is 0 Å². The van der Waals surface area contributed by atoms with Gasteiger partial charge in [-0.1, -0.05) is 71.6 Å². The lowest BCUT2D eigenvalue weighted by molar-refractivity contribution is -0.0494. The van der Waals surface area contributed by atoms with Crippen LogP contribution in [0, 0.1) is 5.92 Å². The number of unbranched alkanes of at least 4 members (excludes halogenated alkanes) is 8. The molecule has 1 aliphatic heterocycles. The maximum absolute atomic E-state index is 5.99. The number of nitrogens with one attached hydrogen (secondary N) is 1. The van der Waals surface area contributed by atoms with Gasteiger partial charge in [0, 0.05) is 6.61 Å². The number of hydrogen-bond donors (Lipinski definition) is 1. The Morgan fingerprint density at radius 3 is 2.24 bits per heavy atom. The van der Waals surface area contributed by atoms with Crippen molar-refractivity contribution in [3.05, 3.63) is 0 Å². The van der Waals surface area contributed by atoms with Gasteiger partial charge >= 0.3 is 0 Å². The highest BCUT2D eigenvalue weighted by molar-refractivity contribution is 4.73. The molecule has 126 valence electrons. The monoisotopic (exact) mass is 297 g/mol. The first kappa shape index (κ1) is 19.0. The summed E-state index contributed by atoms with van der Waals surface area (Å²) in [5.74, 6) is 0.760. The predicted molar refractivity (Wildman–Crippen MR) is 92.6 cm³/mol. The van der Waals surface area contributed by atoms with Gasteiger partial charge in [0.1, 0.15) is 6.23 Å². The summed E-state index contributed by atoms with van der Waals surface area (Å²) in [6.45, 7) is 6.66. The molecule has 1 heterocycles. The molecule has 1 fully saturated rings. The zero-order valence-electron chi connectivity index (χ0n) is 14.7. The van der Waals surface area contributed by atoms with Crippen LogP contribution >= 0.6 is 0 Å². The van der Waals surface area contributed by atoms with Crippen LogP contribution in [-0.2, 0) is 4.74 Å². The molecule has 1 aliphatic rings. The summed E-state index contributed by atoms with van der Waals surface area (Å²) in [4.78, 5) is 0. The molecule has 21 heavy (non-hydrogen) atoms. The van der Waals surface area contributed by atoms with E-state index in [-0.39, 0.29) is 0 Å². The Morgan fingerprint density at radius 1 is 0.857 bits per heavy atom. The third-order valence-corrected chi connectivity index (χ3v) is 4.75. The first-order valence-corrected chi connectivity index (χ1v) is 9.73. The van der Waals surface area contributed by atoms with Crippen LogP contribution in [0.5, 0.6) is 0 Å². The van der Waals surface area contributed by atoms with E-state index in [4.69, 9.17) is 4.74 Å². The standard InChI is InChI=1S/C19H39NO/c1-3-5-7-9-11-14-18-15-13-17-21-19(18)20-16-12-10-8-6-4-2/h18-20H,3-17H2,1-2H3/t18-,19-/m0/s1. The van der Waals surface area contributed by atoms with Crippen LogP contribution < -0.4 is 5.32 Å². The molecule has 1 rings (SSSR count). The van der Waals surface area contributed by atoms with Crippen molar-refractivity contribution in [2.75, 3.05) is 13.2 Å². The predicted octanol–water partition coefficient (Wildman–Crippen LogP) is 5.66. The quantitative estimate of drug-likeness (QED) is 0.443. The topological polar surface area (TPSA) is 21.3 Å². The molecule has 1 N–H and O–H groups in total. The van der Waals surface area contributed by atoms with Gasteiger partial charge in [0.25, 0.3) is 0 Å². The molecule has 0 radical (unpaired) electrons. The maximum atomic E-state index is 5.99. The van der Waals surface area contributed by atoms with Crippen LogP contribution in [-0.4, -0.2) is 19.4 Å². The molecule has 0 aromatic carbocycles. The Hall–Kier alpha value is -0.0800. The fourth-order valence-electron chi connectivity index (χ4n) is 3.35. The van der Waals surface area contributed by atoms with Gasteiger partial charge in [0.15, 0.2) is 0 Å². The van der Waals surface area contributed by atoms with E-state index in [2.05, 4.69) is 19.2 Å². The summed E-state index contributed by atoms with van der Waals surface area (Å²) in [5.41, 5.74) is 0. The van der Waals surface area contributed by atoms with Crippen LogP contribution in [0.3, 0.4) is 0 Å².